The molecule has 7 nitrogen and oxygen atoms in total. The van der Waals surface area contributed by atoms with Gasteiger partial charge in [0.25, 0.3) is 0 Å². The Balaban J connectivity index is 1.81. The predicted octanol–water partition coefficient (Wildman–Crippen LogP) is 2.76. The molecule has 1 saturated heterocycles. The maximum atomic E-state index is 12.9. The minimum atomic E-state index is -0.754. The van der Waals surface area contributed by atoms with Gasteiger partial charge in [-0.3, -0.25) is 9.59 Å². The van der Waals surface area contributed by atoms with E-state index in [0.29, 0.717) is 6.54 Å². The molecule has 3 N–H and O–H groups in total. The Bertz CT molecular complexity index is 900. The number of nitrogens with zero attached hydrogens (tertiary/aromatic N) is 2. The molecule has 0 aromatic heterocycles. The number of anilines is 1. The number of amides is 4. The number of benzene rings is 2. The van der Waals surface area contributed by atoms with E-state index >= 15 is 0 Å². The summed E-state index contributed by atoms with van der Waals surface area (Å²) in [7, 11) is 0. The Morgan fingerprint density at radius 1 is 1.10 bits per heavy atom. The molecule has 1 heterocycles. The van der Waals surface area contributed by atoms with Crippen molar-refractivity contribution in [2.75, 3.05) is 24.5 Å². The summed E-state index contributed by atoms with van der Waals surface area (Å²) in [5, 5.41) is 2.33. The summed E-state index contributed by atoms with van der Waals surface area (Å²) in [6.07, 6.45) is 2.74. The van der Waals surface area contributed by atoms with Crippen LogP contribution in [0.4, 0.5) is 10.5 Å². The average molecular weight is 409 g/mol. The minimum Gasteiger partial charge on any atom is -0.352 e. The fourth-order valence-corrected chi connectivity index (χ4v) is 3.75. The molecule has 0 saturated carbocycles. The van der Waals surface area contributed by atoms with Crippen LogP contribution in [0.15, 0.2) is 54.6 Å². The quantitative estimate of drug-likeness (QED) is 0.737. The van der Waals surface area contributed by atoms with Crippen molar-refractivity contribution in [3.63, 3.8) is 0 Å². The van der Waals surface area contributed by atoms with E-state index in [1.54, 1.807) is 9.80 Å². The van der Waals surface area contributed by atoms with Gasteiger partial charge in [0.2, 0.25) is 11.8 Å². The molecule has 0 bridgehead atoms. The van der Waals surface area contributed by atoms with Crippen LogP contribution in [0.25, 0.3) is 11.1 Å². The summed E-state index contributed by atoms with van der Waals surface area (Å²) < 4.78 is 0. The summed E-state index contributed by atoms with van der Waals surface area (Å²) in [6.45, 7) is 2.31. The van der Waals surface area contributed by atoms with Gasteiger partial charge in [-0.25, -0.2) is 4.79 Å². The third-order valence-electron chi connectivity index (χ3n) is 5.33. The number of primary amides is 1. The zero-order valence-corrected chi connectivity index (χ0v) is 17.2. The number of rotatable bonds is 7. The highest BCUT2D eigenvalue weighted by molar-refractivity contribution is 5.99. The van der Waals surface area contributed by atoms with E-state index in [2.05, 4.69) is 12.2 Å². The Morgan fingerprint density at radius 2 is 1.83 bits per heavy atom. The first-order valence-corrected chi connectivity index (χ1v) is 10.3. The lowest BCUT2D eigenvalue weighted by Gasteiger charge is -2.41. The molecule has 158 valence electrons. The highest BCUT2D eigenvalue weighted by Gasteiger charge is 2.35. The molecular formula is C23H28N4O3. The van der Waals surface area contributed by atoms with E-state index < -0.39 is 6.03 Å². The first-order chi connectivity index (χ1) is 14.5. The van der Waals surface area contributed by atoms with Gasteiger partial charge in [0.1, 0.15) is 6.54 Å². The number of carbonyl (C=O) groups is 3. The Kier molecular flexibility index (Phi) is 7.06. The molecule has 3 rings (SSSR count). The maximum absolute atomic E-state index is 12.9. The van der Waals surface area contributed by atoms with Crippen molar-refractivity contribution in [2.24, 2.45) is 5.73 Å². The molecule has 1 fully saturated rings. The van der Waals surface area contributed by atoms with Gasteiger partial charge in [0.15, 0.2) is 0 Å². The van der Waals surface area contributed by atoms with E-state index in [1.165, 1.54) is 0 Å². The lowest BCUT2D eigenvalue weighted by molar-refractivity contribution is -0.139. The molecule has 1 atom stereocenters. The number of hydrogen-bond donors (Lipinski definition) is 2. The highest BCUT2D eigenvalue weighted by atomic mass is 16.2. The monoisotopic (exact) mass is 408 g/mol. The zero-order valence-electron chi connectivity index (χ0n) is 17.2. The second-order valence-corrected chi connectivity index (χ2v) is 7.46. The van der Waals surface area contributed by atoms with Crippen molar-refractivity contribution in [1.82, 2.24) is 10.2 Å². The first kappa shape index (κ1) is 21.4. The number of carbonyl (C=O) groups excluding carboxylic acids is 3. The van der Waals surface area contributed by atoms with Gasteiger partial charge in [-0.2, -0.15) is 0 Å². The molecule has 0 spiro atoms. The van der Waals surface area contributed by atoms with Gasteiger partial charge in [0, 0.05) is 12.2 Å². The number of nitrogens with one attached hydrogen (secondary N) is 1. The lowest BCUT2D eigenvalue weighted by Crippen LogP contribution is -2.59. The van der Waals surface area contributed by atoms with Crippen LogP contribution >= 0.6 is 0 Å². The number of unbranched alkanes of at least 4 members (excludes halogenated alkanes) is 1. The van der Waals surface area contributed by atoms with E-state index in [-0.39, 0.29) is 30.9 Å². The molecule has 7 heteroatoms. The normalized spacial score (nSPS) is 16.4. The van der Waals surface area contributed by atoms with Gasteiger partial charge >= 0.3 is 6.03 Å². The van der Waals surface area contributed by atoms with Crippen molar-refractivity contribution in [3.8, 4) is 11.1 Å². The van der Waals surface area contributed by atoms with Crippen molar-refractivity contribution in [3.05, 3.63) is 54.6 Å². The molecule has 1 unspecified atom stereocenters. The molecule has 30 heavy (non-hydrogen) atoms. The van der Waals surface area contributed by atoms with Crippen LogP contribution in [0.1, 0.15) is 26.2 Å². The summed E-state index contributed by atoms with van der Waals surface area (Å²) >= 11 is 0. The Morgan fingerprint density at radius 3 is 2.53 bits per heavy atom. The molecule has 0 radical (unpaired) electrons. The van der Waals surface area contributed by atoms with Crippen LogP contribution in [-0.4, -0.2) is 48.4 Å². The first-order valence-electron chi connectivity index (χ1n) is 10.3. The van der Waals surface area contributed by atoms with Crippen molar-refractivity contribution >= 4 is 23.5 Å². The molecule has 2 aromatic carbocycles. The number of nitrogens with two attached hydrogens (primary N) is 1. The van der Waals surface area contributed by atoms with Crippen LogP contribution in [0.2, 0.25) is 0 Å². The van der Waals surface area contributed by atoms with Gasteiger partial charge in [-0.15, -0.1) is 0 Å². The zero-order chi connectivity index (χ0) is 21.5. The predicted molar refractivity (Wildman–Crippen MR) is 117 cm³/mol. The minimum absolute atomic E-state index is 0.0107. The topological polar surface area (TPSA) is 95.7 Å². The van der Waals surface area contributed by atoms with E-state index in [1.807, 2.05) is 54.6 Å². The van der Waals surface area contributed by atoms with Crippen LogP contribution in [0, 0.1) is 0 Å². The molecule has 1 aliphatic rings. The highest BCUT2D eigenvalue weighted by Crippen LogP contribution is 2.27. The second-order valence-electron chi connectivity index (χ2n) is 7.46. The van der Waals surface area contributed by atoms with Crippen LogP contribution in [0.5, 0.6) is 0 Å². The van der Waals surface area contributed by atoms with Crippen LogP contribution < -0.4 is 16.0 Å². The van der Waals surface area contributed by atoms with Crippen molar-refractivity contribution in [1.29, 1.82) is 0 Å². The third kappa shape index (κ3) is 5.17. The molecule has 2 aromatic rings. The molecular weight excluding hydrogens is 380 g/mol. The summed E-state index contributed by atoms with van der Waals surface area (Å²) in [6, 6.07) is 17.0. The van der Waals surface area contributed by atoms with Gasteiger partial charge < -0.3 is 20.9 Å². The summed E-state index contributed by atoms with van der Waals surface area (Å²) in [5.41, 5.74) is 8.02. The fraction of sp³-hybridized carbons (Fsp3) is 0.348. The Labute approximate surface area is 176 Å². The van der Waals surface area contributed by atoms with Crippen molar-refractivity contribution in [2.45, 2.75) is 32.2 Å². The number of urea groups is 1. The summed E-state index contributed by atoms with van der Waals surface area (Å²) in [5.74, 6) is -0.429. The van der Waals surface area contributed by atoms with Gasteiger partial charge in [-0.1, -0.05) is 62.2 Å². The average Bonchev–Trinajstić information content (AvgIpc) is 2.77. The second kappa shape index (κ2) is 9.91. The molecule has 1 aliphatic heterocycles. The Hall–Kier alpha value is -3.35. The van der Waals surface area contributed by atoms with Gasteiger partial charge in [0.05, 0.1) is 12.6 Å². The lowest BCUT2D eigenvalue weighted by atomic mass is 10.0. The third-order valence-corrected chi connectivity index (χ3v) is 5.33. The van der Waals surface area contributed by atoms with Crippen molar-refractivity contribution < 1.29 is 14.4 Å². The van der Waals surface area contributed by atoms with E-state index in [4.69, 9.17) is 5.73 Å². The standard InChI is InChI=1S/C23H28N4O3/c1-2-3-11-20-15-26(22(29)16-27(20)21(28)14-25-23(24)30)19-12-7-10-18(13-19)17-8-5-4-6-9-17/h4-10,12-13,20H,2-3,11,14-16H2,1H3,(H3,24,25,30). The SMILES string of the molecule is CCCCC1CN(c2cccc(-c3ccccc3)c2)C(=O)CN1C(=O)CNC(N)=O. The van der Waals surface area contributed by atoms with E-state index in [0.717, 1.165) is 36.1 Å². The van der Waals surface area contributed by atoms with E-state index in [9.17, 15) is 14.4 Å². The number of hydrogen-bond acceptors (Lipinski definition) is 3. The van der Waals surface area contributed by atoms with Crippen LogP contribution in [0.3, 0.4) is 0 Å². The summed E-state index contributed by atoms with van der Waals surface area (Å²) in [4.78, 5) is 39.8. The fourth-order valence-electron chi connectivity index (χ4n) is 3.75. The largest absolute Gasteiger partial charge is 0.352 e. The van der Waals surface area contributed by atoms with Gasteiger partial charge in [-0.05, 0) is 29.7 Å². The van der Waals surface area contributed by atoms with Crippen LogP contribution in [-0.2, 0) is 9.59 Å². The number of piperazine rings is 1. The smallest absolute Gasteiger partial charge is 0.312 e. The molecule has 0 aliphatic carbocycles. The maximum Gasteiger partial charge on any atom is 0.312 e. The molecule has 4 amide bonds.